The number of ether oxygens (including phenoxy) is 1. The molecule has 1 aliphatic carbocycles. The molecule has 0 spiro atoms. The maximum absolute atomic E-state index is 13.4. The monoisotopic (exact) mass is 528 g/mol. The van der Waals surface area contributed by atoms with E-state index in [0.717, 1.165) is 52.4 Å². The minimum Gasteiger partial charge on any atom is -0.484 e. The Kier molecular flexibility index (Phi) is 9.57. The molecular formula is C28H37BrN2O3. The van der Waals surface area contributed by atoms with Crippen molar-refractivity contribution in [1.82, 2.24) is 10.2 Å². The summed E-state index contributed by atoms with van der Waals surface area (Å²) in [5.41, 5.74) is 4.26. The van der Waals surface area contributed by atoms with E-state index in [1.807, 2.05) is 64.1 Å². The summed E-state index contributed by atoms with van der Waals surface area (Å²) in [4.78, 5) is 28.4. The van der Waals surface area contributed by atoms with Crippen LogP contribution >= 0.6 is 15.9 Å². The Balaban J connectivity index is 1.77. The van der Waals surface area contributed by atoms with Crippen molar-refractivity contribution in [1.29, 1.82) is 0 Å². The lowest BCUT2D eigenvalue weighted by atomic mass is 9.95. The van der Waals surface area contributed by atoms with Gasteiger partial charge in [0.1, 0.15) is 11.8 Å². The first-order valence-electron chi connectivity index (χ1n) is 12.3. The molecule has 1 atom stereocenters. The molecule has 34 heavy (non-hydrogen) atoms. The molecule has 1 fully saturated rings. The molecular weight excluding hydrogens is 492 g/mol. The van der Waals surface area contributed by atoms with Gasteiger partial charge in [-0.05, 0) is 68.9 Å². The Morgan fingerprint density at radius 2 is 1.68 bits per heavy atom. The third-order valence-electron chi connectivity index (χ3n) is 6.58. The van der Waals surface area contributed by atoms with Gasteiger partial charge in [-0.25, -0.2) is 0 Å². The van der Waals surface area contributed by atoms with Crippen LogP contribution < -0.4 is 10.1 Å². The van der Waals surface area contributed by atoms with Gasteiger partial charge in [-0.2, -0.15) is 0 Å². The summed E-state index contributed by atoms with van der Waals surface area (Å²) in [7, 11) is 0. The van der Waals surface area contributed by atoms with Gasteiger partial charge in [-0.15, -0.1) is 0 Å². The number of amides is 2. The molecule has 2 aromatic carbocycles. The zero-order valence-corrected chi connectivity index (χ0v) is 22.4. The molecule has 2 aromatic rings. The summed E-state index contributed by atoms with van der Waals surface area (Å²) in [6, 6.07) is 11.6. The van der Waals surface area contributed by atoms with Gasteiger partial charge < -0.3 is 15.0 Å². The van der Waals surface area contributed by atoms with Crippen molar-refractivity contribution in [2.75, 3.05) is 6.61 Å². The van der Waals surface area contributed by atoms with Crippen molar-refractivity contribution in [3.8, 4) is 5.75 Å². The minimum atomic E-state index is -0.535. The molecule has 3 rings (SSSR count). The number of hydrogen-bond acceptors (Lipinski definition) is 3. The Morgan fingerprint density at radius 1 is 1.06 bits per heavy atom. The van der Waals surface area contributed by atoms with E-state index in [1.165, 1.54) is 6.42 Å². The summed E-state index contributed by atoms with van der Waals surface area (Å²) in [5, 5.41) is 3.22. The third kappa shape index (κ3) is 7.08. The van der Waals surface area contributed by atoms with Gasteiger partial charge in [0.15, 0.2) is 6.61 Å². The Morgan fingerprint density at radius 3 is 2.26 bits per heavy atom. The third-order valence-corrected chi connectivity index (χ3v) is 7.83. The largest absolute Gasteiger partial charge is 0.484 e. The number of rotatable bonds is 9. The maximum Gasteiger partial charge on any atom is 0.261 e. The lowest BCUT2D eigenvalue weighted by Gasteiger charge is -2.32. The zero-order chi connectivity index (χ0) is 24.7. The van der Waals surface area contributed by atoms with Gasteiger partial charge in [-0.1, -0.05) is 71.9 Å². The van der Waals surface area contributed by atoms with Crippen LogP contribution in [0, 0.1) is 20.8 Å². The molecule has 184 valence electrons. The highest BCUT2D eigenvalue weighted by molar-refractivity contribution is 9.10. The Labute approximate surface area is 212 Å². The van der Waals surface area contributed by atoms with E-state index in [-0.39, 0.29) is 24.5 Å². The van der Waals surface area contributed by atoms with Crippen LogP contribution in [0.5, 0.6) is 5.75 Å². The van der Waals surface area contributed by atoms with E-state index in [1.54, 1.807) is 4.90 Å². The molecule has 2 amide bonds. The number of nitrogens with zero attached hydrogens (tertiary/aromatic N) is 1. The Bertz CT molecular complexity index is 961. The van der Waals surface area contributed by atoms with Crippen LogP contribution in [0.25, 0.3) is 0 Å². The maximum atomic E-state index is 13.4. The van der Waals surface area contributed by atoms with Gasteiger partial charge >= 0.3 is 0 Å². The second-order valence-electron chi connectivity index (χ2n) is 9.43. The first-order valence-corrected chi connectivity index (χ1v) is 13.1. The minimum absolute atomic E-state index is 0.0646. The van der Waals surface area contributed by atoms with Gasteiger partial charge in [0, 0.05) is 17.1 Å². The topological polar surface area (TPSA) is 58.6 Å². The van der Waals surface area contributed by atoms with E-state index in [4.69, 9.17) is 4.74 Å². The number of halogens is 1. The lowest BCUT2D eigenvalue weighted by molar-refractivity contribution is -0.143. The molecule has 0 aromatic heterocycles. The fourth-order valence-electron chi connectivity index (χ4n) is 4.57. The van der Waals surface area contributed by atoms with Crippen LogP contribution in [-0.2, 0) is 16.1 Å². The lowest BCUT2D eigenvalue weighted by Crippen LogP contribution is -2.52. The van der Waals surface area contributed by atoms with Crippen LogP contribution in [0.2, 0.25) is 0 Å². The van der Waals surface area contributed by atoms with Crippen LogP contribution in [0.3, 0.4) is 0 Å². The molecule has 0 radical (unpaired) electrons. The van der Waals surface area contributed by atoms with Crippen molar-refractivity contribution in [2.24, 2.45) is 0 Å². The second kappa shape index (κ2) is 12.4. The highest BCUT2D eigenvalue weighted by atomic mass is 79.9. The highest BCUT2D eigenvalue weighted by Crippen LogP contribution is 2.26. The SMILES string of the molecule is CC[C@H](C(=O)NC1CCCCC1)N(Cc1ccc(C)cc1)C(=O)COc1cc(C)c(Br)c(C)c1. The zero-order valence-electron chi connectivity index (χ0n) is 20.8. The summed E-state index contributed by atoms with van der Waals surface area (Å²) in [6.45, 7) is 8.26. The summed E-state index contributed by atoms with van der Waals surface area (Å²) in [6.07, 6.45) is 6.10. The molecule has 0 unspecified atom stereocenters. The van der Waals surface area contributed by atoms with Gasteiger partial charge in [0.25, 0.3) is 5.91 Å². The van der Waals surface area contributed by atoms with Crippen molar-refractivity contribution in [3.05, 3.63) is 63.1 Å². The normalized spacial score (nSPS) is 15.0. The van der Waals surface area contributed by atoms with Crippen LogP contribution in [0.1, 0.15) is 67.7 Å². The molecule has 6 heteroatoms. The van der Waals surface area contributed by atoms with E-state index < -0.39 is 6.04 Å². The fourth-order valence-corrected chi connectivity index (χ4v) is 4.80. The van der Waals surface area contributed by atoms with Gasteiger partial charge in [0.05, 0.1) is 0 Å². The predicted molar refractivity (Wildman–Crippen MR) is 140 cm³/mol. The van der Waals surface area contributed by atoms with E-state index in [9.17, 15) is 9.59 Å². The molecule has 1 saturated carbocycles. The Hall–Kier alpha value is -2.34. The van der Waals surface area contributed by atoms with E-state index in [2.05, 4.69) is 21.2 Å². The molecule has 0 saturated heterocycles. The highest BCUT2D eigenvalue weighted by Gasteiger charge is 2.30. The molecule has 0 aliphatic heterocycles. The fraction of sp³-hybridized carbons (Fsp3) is 0.500. The number of aryl methyl sites for hydroxylation is 3. The van der Waals surface area contributed by atoms with Gasteiger partial charge in [-0.3, -0.25) is 9.59 Å². The van der Waals surface area contributed by atoms with E-state index >= 15 is 0 Å². The second-order valence-corrected chi connectivity index (χ2v) is 10.2. The first kappa shape index (κ1) is 26.3. The van der Waals surface area contributed by atoms with E-state index in [0.29, 0.717) is 18.7 Å². The first-order chi connectivity index (χ1) is 16.3. The van der Waals surface area contributed by atoms with Crippen LogP contribution in [-0.4, -0.2) is 35.4 Å². The number of nitrogens with one attached hydrogen (secondary N) is 1. The standard InChI is InChI=1S/C28H37BrN2O3/c1-5-25(28(33)30-23-9-7-6-8-10-23)31(17-22-13-11-19(2)12-14-22)26(32)18-34-24-15-20(3)27(29)21(4)16-24/h11-16,23,25H,5-10,17-18H2,1-4H3,(H,30,33)/t25-/m1/s1. The average molecular weight is 530 g/mol. The predicted octanol–water partition coefficient (Wildman–Crippen LogP) is 6.01. The number of carbonyl (C=O) groups is 2. The molecule has 0 bridgehead atoms. The number of benzene rings is 2. The smallest absolute Gasteiger partial charge is 0.261 e. The number of carbonyl (C=O) groups excluding carboxylic acids is 2. The van der Waals surface area contributed by atoms with Crippen molar-refractivity contribution in [3.63, 3.8) is 0 Å². The summed E-state index contributed by atoms with van der Waals surface area (Å²) >= 11 is 3.57. The molecule has 5 nitrogen and oxygen atoms in total. The number of hydrogen-bond donors (Lipinski definition) is 1. The quantitative estimate of drug-likeness (QED) is 0.433. The molecule has 1 N–H and O–H groups in total. The average Bonchev–Trinajstić information content (AvgIpc) is 2.82. The molecule has 1 aliphatic rings. The summed E-state index contributed by atoms with van der Waals surface area (Å²) in [5.74, 6) is 0.399. The molecule has 0 heterocycles. The van der Waals surface area contributed by atoms with Gasteiger partial charge in [0.2, 0.25) is 5.91 Å². The van der Waals surface area contributed by atoms with Crippen molar-refractivity contribution >= 4 is 27.7 Å². The summed E-state index contributed by atoms with van der Waals surface area (Å²) < 4.78 is 6.94. The van der Waals surface area contributed by atoms with Crippen LogP contribution in [0.15, 0.2) is 40.9 Å². The van der Waals surface area contributed by atoms with Crippen LogP contribution in [0.4, 0.5) is 0 Å². The van der Waals surface area contributed by atoms with Crippen molar-refractivity contribution < 1.29 is 14.3 Å². The van der Waals surface area contributed by atoms with Crippen molar-refractivity contribution in [2.45, 2.75) is 84.8 Å².